The summed E-state index contributed by atoms with van der Waals surface area (Å²) in [6.07, 6.45) is 0.282. The van der Waals surface area contributed by atoms with Crippen molar-refractivity contribution in [2.75, 3.05) is 11.1 Å². The molecule has 0 aliphatic carbocycles. The molecule has 2 aromatic rings. The number of amides is 1. The third kappa shape index (κ3) is 3.98. The molecule has 98 valence electrons. The minimum absolute atomic E-state index is 0.134. The number of hydrogen-bond acceptors (Lipinski definition) is 2. The van der Waals surface area contributed by atoms with Gasteiger partial charge in [-0.3, -0.25) is 4.79 Å². The molecule has 2 aromatic carbocycles. The Labute approximate surface area is 124 Å². The van der Waals surface area contributed by atoms with E-state index in [2.05, 4.69) is 21.2 Å². The van der Waals surface area contributed by atoms with Gasteiger partial charge in [-0.05, 0) is 35.9 Å². The molecular formula is C14H12BrClN2O. The maximum atomic E-state index is 11.9. The van der Waals surface area contributed by atoms with Crippen LogP contribution in [-0.2, 0) is 11.2 Å². The van der Waals surface area contributed by atoms with Gasteiger partial charge in [-0.25, -0.2) is 0 Å². The van der Waals surface area contributed by atoms with Gasteiger partial charge in [-0.1, -0.05) is 39.7 Å². The number of nitrogens with two attached hydrogens (primary N) is 1. The Morgan fingerprint density at radius 2 is 2.05 bits per heavy atom. The largest absolute Gasteiger partial charge is 0.399 e. The first-order valence-electron chi connectivity index (χ1n) is 5.64. The summed E-state index contributed by atoms with van der Waals surface area (Å²) in [6, 6.07) is 12.6. The highest BCUT2D eigenvalue weighted by molar-refractivity contribution is 9.10. The molecule has 0 aromatic heterocycles. The molecule has 0 aliphatic rings. The minimum atomic E-state index is -0.134. The fraction of sp³-hybridized carbons (Fsp3) is 0.0714. The van der Waals surface area contributed by atoms with Crippen LogP contribution in [-0.4, -0.2) is 5.91 Å². The van der Waals surface area contributed by atoms with E-state index in [0.29, 0.717) is 16.4 Å². The Kier molecular flexibility index (Phi) is 4.45. The van der Waals surface area contributed by atoms with E-state index in [1.54, 1.807) is 18.2 Å². The third-order valence-corrected chi connectivity index (χ3v) is 3.34. The lowest BCUT2D eigenvalue weighted by molar-refractivity contribution is -0.115. The standard InChI is InChI=1S/C14H12BrClN2O/c15-10-3-1-2-9(6-10)7-14(19)18-13-8-11(17)4-5-12(13)16/h1-6,8H,7,17H2,(H,18,19). The summed E-state index contributed by atoms with van der Waals surface area (Å²) in [5, 5.41) is 3.22. The minimum Gasteiger partial charge on any atom is -0.399 e. The lowest BCUT2D eigenvalue weighted by Crippen LogP contribution is -2.14. The van der Waals surface area contributed by atoms with Gasteiger partial charge in [-0.2, -0.15) is 0 Å². The zero-order valence-corrected chi connectivity index (χ0v) is 12.3. The lowest BCUT2D eigenvalue weighted by Gasteiger charge is -2.08. The lowest BCUT2D eigenvalue weighted by atomic mass is 10.1. The quantitative estimate of drug-likeness (QED) is 0.834. The van der Waals surface area contributed by atoms with Gasteiger partial charge in [0, 0.05) is 10.2 Å². The van der Waals surface area contributed by atoms with Crippen molar-refractivity contribution in [2.24, 2.45) is 0 Å². The van der Waals surface area contributed by atoms with Gasteiger partial charge in [0.05, 0.1) is 17.1 Å². The molecule has 5 heteroatoms. The molecule has 0 aliphatic heterocycles. The number of halogens is 2. The summed E-state index contributed by atoms with van der Waals surface area (Å²) < 4.78 is 0.944. The van der Waals surface area contributed by atoms with E-state index in [0.717, 1.165) is 10.0 Å². The summed E-state index contributed by atoms with van der Waals surface area (Å²) in [5.74, 6) is -0.134. The fourth-order valence-electron chi connectivity index (χ4n) is 1.67. The first-order valence-corrected chi connectivity index (χ1v) is 6.81. The molecular weight excluding hydrogens is 328 g/mol. The van der Waals surface area contributed by atoms with Gasteiger partial charge >= 0.3 is 0 Å². The van der Waals surface area contributed by atoms with Crippen molar-refractivity contribution in [1.29, 1.82) is 0 Å². The van der Waals surface area contributed by atoms with Gasteiger partial charge < -0.3 is 11.1 Å². The van der Waals surface area contributed by atoms with Crippen LogP contribution in [0.5, 0.6) is 0 Å². The maximum absolute atomic E-state index is 11.9. The van der Waals surface area contributed by atoms with Crippen molar-refractivity contribution >= 4 is 44.8 Å². The van der Waals surface area contributed by atoms with Crippen LogP contribution in [0.15, 0.2) is 46.9 Å². The van der Waals surface area contributed by atoms with Crippen molar-refractivity contribution in [2.45, 2.75) is 6.42 Å². The molecule has 2 rings (SSSR count). The Morgan fingerprint density at radius 1 is 1.26 bits per heavy atom. The number of nitrogens with one attached hydrogen (secondary N) is 1. The molecule has 0 radical (unpaired) electrons. The van der Waals surface area contributed by atoms with E-state index in [4.69, 9.17) is 17.3 Å². The zero-order chi connectivity index (χ0) is 13.8. The molecule has 0 bridgehead atoms. The van der Waals surface area contributed by atoms with Crippen molar-refractivity contribution in [3.8, 4) is 0 Å². The van der Waals surface area contributed by atoms with Gasteiger partial charge in [0.1, 0.15) is 0 Å². The molecule has 0 unspecified atom stereocenters. The van der Waals surface area contributed by atoms with Gasteiger partial charge in [0.2, 0.25) is 5.91 Å². The Bertz CT molecular complexity index is 616. The van der Waals surface area contributed by atoms with Crippen molar-refractivity contribution in [1.82, 2.24) is 0 Å². The Balaban J connectivity index is 2.07. The average Bonchev–Trinajstić information content (AvgIpc) is 2.34. The van der Waals surface area contributed by atoms with E-state index < -0.39 is 0 Å². The highest BCUT2D eigenvalue weighted by Gasteiger charge is 2.07. The molecule has 3 N–H and O–H groups in total. The number of carbonyl (C=O) groups is 1. The molecule has 0 atom stereocenters. The van der Waals surface area contributed by atoms with Crippen LogP contribution in [0.1, 0.15) is 5.56 Å². The number of benzene rings is 2. The fourth-order valence-corrected chi connectivity index (χ4v) is 2.28. The summed E-state index contributed by atoms with van der Waals surface area (Å²) in [4.78, 5) is 11.9. The third-order valence-electron chi connectivity index (χ3n) is 2.52. The van der Waals surface area contributed by atoms with E-state index in [-0.39, 0.29) is 12.3 Å². The van der Waals surface area contributed by atoms with Crippen molar-refractivity contribution in [3.63, 3.8) is 0 Å². The number of hydrogen-bond donors (Lipinski definition) is 2. The Morgan fingerprint density at radius 3 is 2.79 bits per heavy atom. The maximum Gasteiger partial charge on any atom is 0.228 e. The molecule has 0 saturated carbocycles. The van der Waals surface area contributed by atoms with Gasteiger partial charge in [0.25, 0.3) is 0 Å². The van der Waals surface area contributed by atoms with Crippen LogP contribution in [0, 0.1) is 0 Å². The van der Waals surface area contributed by atoms with Crippen molar-refractivity contribution < 1.29 is 4.79 Å². The zero-order valence-electron chi connectivity index (χ0n) is 9.99. The van der Waals surface area contributed by atoms with Crippen LogP contribution in [0.3, 0.4) is 0 Å². The summed E-state index contributed by atoms with van der Waals surface area (Å²) in [7, 11) is 0. The van der Waals surface area contributed by atoms with Crippen LogP contribution >= 0.6 is 27.5 Å². The van der Waals surface area contributed by atoms with E-state index in [9.17, 15) is 4.79 Å². The number of rotatable bonds is 3. The van der Waals surface area contributed by atoms with Crippen LogP contribution in [0.2, 0.25) is 5.02 Å². The smallest absolute Gasteiger partial charge is 0.228 e. The average molecular weight is 340 g/mol. The van der Waals surface area contributed by atoms with Gasteiger partial charge in [-0.15, -0.1) is 0 Å². The second kappa shape index (κ2) is 6.08. The number of carbonyl (C=O) groups excluding carboxylic acids is 1. The normalized spacial score (nSPS) is 10.2. The molecule has 0 spiro atoms. The first kappa shape index (κ1) is 13.9. The van der Waals surface area contributed by atoms with Crippen LogP contribution < -0.4 is 11.1 Å². The molecule has 0 saturated heterocycles. The van der Waals surface area contributed by atoms with E-state index in [1.165, 1.54) is 0 Å². The molecule has 19 heavy (non-hydrogen) atoms. The highest BCUT2D eigenvalue weighted by Crippen LogP contribution is 2.24. The number of anilines is 2. The second-order valence-electron chi connectivity index (χ2n) is 4.09. The summed E-state index contributed by atoms with van der Waals surface area (Å²) in [6.45, 7) is 0. The molecule has 3 nitrogen and oxygen atoms in total. The first-order chi connectivity index (χ1) is 9.04. The van der Waals surface area contributed by atoms with E-state index in [1.807, 2.05) is 24.3 Å². The van der Waals surface area contributed by atoms with Crippen LogP contribution in [0.4, 0.5) is 11.4 Å². The monoisotopic (exact) mass is 338 g/mol. The van der Waals surface area contributed by atoms with Crippen molar-refractivity contribution in [3.05, 3.63) is 57.5 Å². The molecule has 0 fully saturated rings. The second-order valence-corrected chi connectivity index (χ2v) is 5.42. The number of nitrogen functional groups attached to an aromatic ring is 1. The molecule has 1 amide bonds. The van der Waals surface area contributed by atoms with Gasteiger partial charge in [0.15, 0.2) is 0 Å². The summed E-state index contributed by atoms with van der Waals surface area (Å²) in [5.41, 5.74) is 7.67. The SMILES string of the molecule is Nc1ccc(Cl)c(NC(=O)Cc2cccc(Br)c2)c1. The Hall–Kier alpha value is -1.52. The topological polar surface area (TPSA) is 55.1 Å². The molecule has 0 heterocycles. The highest BCUT2D eigenvalue weighted by atomic mass is 79.9. The predicted octanol–water partition coefficient (Wildman–Crippen LogP) is 3.87. The van der Waals surface area contributed by atoms with Crippen LogP contribution in [0.25, 0.3) is 0 Å². The van der Waals surface area contributed by atoms with E-state index >= 15 is 0 Å². The predicted molar refractivity (Wildman–Crippen MR) is 82.3 cm³/mol. The summed E-state index contributed by atoms with van der Waals surface area (Å²) >= 11 is 9.36.